The van der Waals surface area contributed by atoms with E-state index in [9.17, 15) is 14.0 Å². The van der Waals surface area contributed by atoms with Crippen LogP contribution in [-0.4, -0.2) is 52.4 Å². The lowest BCUT2D eigenvalue weighted by Crippen LogP contribution is -2.41. The number of aromatic nitrogens is 2. The Balaban J connectivity index is 1.57. The summed E-state index contributed by atoms with van der Waals surface area (Å²) in [6.45, 7) is 2.52. The molecule has 0 aliphatic carbocycles. The summed E-state index contributed by atoms with van der Waals surface area (Å²) in [6.07, 6.45) is 2.41. The van der Waals surface area contributed by atoms with E-state index in [1.807, 2.05) is 7.05 Å². The van der Waals surface area contributed by atoms with Gasteiger partial charge in [0.2, 0.25) is 0 Å². The van der Waals surface area contributed by atoms with E-state index >= 15 is 0 Å². The number of halogens is 1. The zero-order valence-corrected chi connectivity index (χ0v) is 15.4. The molecular formula is C20H23FN4O2. The van der Waals surface area contributed by atoms with Crippen LogP contribution in [-0.2, 0) is 13.0 Å². The molecule has 7 heteroatoms. The monoisotopic (exact) mass is 370 g/mol. The van der Waals surface area contributed by atoms with Gasteiger partial charge in [-0.15, -0.1) is 0 Å². The number of amides is 1. The number of piperidine rings is 1. The van der Waals surface area contributed by atoms with E-state index < -0.39 is 5.82 Å². The molecule has 1 saturated heterocycles. The van der Waals surface area contributed by atoms with Gasteiger partial charge < -0.3 is 14.8 Å². The van der Waals surface area contributed by atoms with Gasteiger partial charge in [0.15, 0.2) is 0 Å². The molecule has 27 heavy (non-hydrogen) atoms. The highest BCUT2D eigenvalue weighted by atomic mass is 19.1. The third-order valence-corrected chi connectivity index (χ3v) is 5.48. The topological polar surface area (TPSA) is 69.3 Å². The van der Waals surface area contributed by atoms with Crippen molar-refractivity contribution in [3.63, 3.8) is 0 Å². The fourth-order valence-corrected chi connectivity index (χ4v) is 3.96. The first-order valence-electron chi connectivity index (χ1n) is 9.37. The summed E-state index contributed by atoms with van der Waals surface area (Å²) in [5.41, 5.74) is 1.61. The molecule has 1 N–H and O–H groups in total. The Kier molecular flexibility index (Phi) is 4.78. The van der Waals surface area contributed by atoms with Gasteiger partial charge >= 0.3 is 0 Å². The van der Waals surface area contributed by atoms with E-state index in [1.165, 1.54) is 12.1 Å². The number of fused-ring (bicyclic) bond motifs is 1. The van der Waals surface area contributed by atoms with Gasteiger partial charge in [-0.2, -0.15) is 0 Å². The quantitative estimate of drug-likeness (QED) is 0.877. The van der Waals surface area contributed by atoms with E-state index in [4.69, 9.17) is 4.98 Å². The van der Waals surface area contributed by atoms with Crippen molar-refractivity contribution in [3.05, 3.63) is 63.1 Å². The van der Waals surface area contributed by atoms with Crippen molar-refractivity contribution in [1.29, 1.82) is 0 Å². The number of likely N-dealkylation sites (tertiary alicyclic amines) is 1. The van der Waals surface area contributed by atoms with Crippen LogP contribution in [0.3, 0.4) is 0 Å². The number of hydrogen-bond acceptors (Lipinski definition) is 4. The van der Waals surface area contributed by atoms with Crippen LogP contribution in [0, 0.1) is 5.82 Å². The molecule has 1 aromatic heterocycles. The lowest BCUT2D eigenvalue weighted by molar-refractivity contribution is 0.0699. The van der Waals surface area contributed by atoms with Crippen molar-refractivity contribution < 1.29 is 9.18 Å². The number of likely N-dealkylation sites (N-methyl/N-ethyl adjacent to an activating group) is 1. The average Bonchev–Trinajstić information content (AvgIpc) is 2.68. The minimum Gasteiger partial charge on any atom is -0.338 e. The predicted molar refractivity (Wildman–Crippen MR) is 99.2 cm³/mol. The van der Waals surface area contributed by atoms with Gasteiger partial charge in [-0.1, -0.05) is 12.1 Å². The second-order valence-corrected chi connectivity index (χ2v) is 7.43. The maximum atomic E-state index is 14.0. The second kappa shape index (κ2) is 7.23. The van der Waals surface area contributed by atoms with Gasteiger partial charge in [-0.05, 0) is 32.0 Å². The van der Waals surface area contributed by atoms with Gasteiger partial charge in [-0.3, -0.25) is 9.59 Å². The third kappa shape index (κ3) is 3.51. The first kappa shape index (κ1) is 17.9. The van der Waals surface area contributed by atoms with E-state index in [0.29, 0.717) is 25.5 Å². The Morgan fingerprint density at radius 3 is 2.93 bits per heavy atom. The number of nitrogens with zero attached hydrogens (tertiary/aromatic N) is 3. The summed E-state index contributed by atoms with van der Waals surface area (Å²) >= 11 is 0. The van der Waals surface area contributed by atoms with Crippen molar-refractivity contribution in [1.82, 2.24) is 19.8 Å². The SMILES string of the molecule is CN1CCc2nc(C3CCCN(C(=O)c4ccccc4F)C3)[nH]c(=O)c2C1. The van der Waals surface area contributed by atoms with Crippen LogP contribution in [0.1, 0.15) is 46.2 Å². The van der Waals surface area contributed by atoms with Gasteiger partial charge in [0, 0.05) is 38.5 Å². The van der Waals surface area contributed by atoms with E-state index in [0.717, 1.165) is 37.1 Å². The van der Waals surface area contributed by atoms with Crippen molar-refractivity contribution in [2.45, 2.75) is 31.7 Å². The molecule has 1 amide bonds. The minimum absolute atomic E-state index is 0.0351. The smallest absolute Gasteiger partial charge is 0.256 e. The molecule has 3 heterocycles. The molecule has 1 atom stereocenters. The normalized spacial score (nSPS) is 20.4. The van der Waals surface area contributed by atoms with Crippen LogP contribution < -0.4 is 5.56 Å². The summed E-state index contributed by atoms with van der Waals surface area (Å²) in [5.74, 6) is -0.199. The Bertz CT molecular complexity index is 926. The van der Waals surface area contributed by atoms with E-state index in [-0.39, 0.29) is 22.9 Å². The first-order chi connectivity index (χ1) is 13.0. The van der Waals surface area contributed by atoms with Crippen LogP contribution in [0.5, 0.6) is 0 Å². The number of aromatic amines is 1. The Hall–Kier alpha value is -2.54. The zero-order chi connectivity index (χ0) is 19.0. The number of nitrogens with one attached hydrogen (secondary N) is 1. The highest BCUT2D eigenvalue weighted by Crippen LogP contribution is 2.26. The summed E-state index contributed by atoms with van der Waals surface area (Å²) in [5, 5.41) is 0. The standard InChI is InChI=1S/C20H23FN4O2/c1-24-10-8-17-15(12-24)19(26)23-18(22-17)13-5-4-9-25(11-13)20(27)14-6-2-3-7-16(14)21/h2-3,6-7,13H,4-5,8-12H2,1H3,(H,22,23,26). The van der Waals surface area contributed by atoms with E-state index in [1.54, 1.807) is 17.0 Å². The molecule has 6 nitrogen and oxygen atoms in total. The molecule has 0 spiro atoms. The Morgan fingerprint density at radius 1 is 1.30 bits per heavy atom. The van der Waals surface area contributed by atoms with Crippen molar-refractivity contribution in [2.24, 2.45) is 0 Å². The predicted octanol–water partition coefficient (Wildman–Crippen LogP) is 1.92. The lowest BCUT2D eigenvalue weighted by atomic mass is 9.95. The molecule has 4 rings (SSSR count). The molecule has 2 aromatic rings. The molecule has 1 unspecified atom stereocenters. The van der Waals surface area contributed by atoms with Crippen LogP contribution in [0.4, 0.5) is 4.39 Å². The maximum Gasteiger partial charge on any atom is 0.256 e. The molecule has 1 fully saturated rings. The Labute approximate surface area is 157 Å². The van der Waals surface area contributed by atoms with Crippen molar-refractivity contribution in [2.75, 3.05) is 26.7 Å². The van der Waals surface area contributed by atoms with E-state index in [2.05, 4.69) is 9.88 Å². The van der Waals surface area contributed by atoms with Gasteiger partial charge in [0.25, 0.3) is 11.5 Å². The summed E-state index contributed by atoms with van der Waals surface area (Å²) in [7, 11) is 1.99. The number of H-pyrrole nitrogens is 1. The third-order valence-electron chi connectivity index (χ3n) is 5.48. The molecule has 2 aliphatic heterocycles. The number of rotatable bonds is 2. The number of hydrogen-bond donors (Lipinski definition) is 1. The van der Waals surface area contributed by atoms with Crippen molar-refractivity contribution in [3.8, 4) is 0 Å². The molecule has 0 radical (unpaired) electrons. The summed E-state index contributed by atoms with van der Waals surface area (Å²) in [4.78, 5) is 36.6. The van der Waals surface area contributed by atoms with Crippen molar-refractivity contribution >= 4 is 5.91 Å². The fraction of sp³-hybridized carbons (Fsp3) is 0.450. The highest BCUT2D eigenvalue weighted by molar-refractivity contribution is 5.94. The molecule has 142 valence electrons. The Morgan fingerprint density at radius 2 is 2.11 bits per heavy atom. The summed E-state index contributed by atoms with van der Waals surface area (Å²) < 4.78 is 14.0. The second-order valence-electron chi connectivity index (χ2n) is 7.43. The first-order valence-corrected chi connectivity index (χ1v) is 9.37. The molecule has 2 aliphatic rings. The highest BCUT2D eigenvalue weighted by Gasteiger charge is 2.29. The van der Waals surface area contributed by atoms with Gasteiger partial charge in [-0.25, -0.2) is 9.37 Å². The summed E-state index contributed by atoms with van der Waals surface area (Å²) in [6, 6.07) is 6.05. The van der Waals surface area contributed by atoms with Crippen LogP contribution >= 0.6 is 0 Å². The van der Waals surface area contributed by atoms with Gasteiger partial charge in [0.05, 0.1) is 16.8 Å². The average molecular weight is 370 g/mol. The number of carbonyl (C=O) groups excluding carboxylic acids is 1. The van der Waals surface area contributed by atoms with Gasteiger partial charge in [0.1, 0.15) is 11.6 Å². The van der Waals surface area contributed by atoms with Crippen LogP contribution in [0.2, 0.25) is 0 Å². The van der Waals surface area contributed by atoms with Crippen LogP contribution in [0.15, 0.2) is 29.1 Å². The maximum absolute atomic E-state index is 14.0. The number of carbonyl (C=O) groups is 1. The van der Waals surface area contributed by atoms with Crippen LogP contribution in [0.25, 0.3) is 0 Å². The lowest BCUT2D eigenvalue weighted by Gasteiger charge is -2.33. The number of benzene rings is 1. The molecular weight excluding hydrogens is 347 g/mol. The fourth-order valence-electron chi connectivity index (χ4n) is 3.96. The molecule has 0 saturated carbocycles. The molecule has 1 aromatic carbocycles. The zero-order valence-electron chi connectivity index (χ0n) is 15.4. The largest absolute Gasteiger partial charge is 0.338 e. The molecule has 0 bridgehead atoms. The minimum atomic E-state index is -0.506.